The summed E-state index contributed by atoms with van der Waals surface area (Å²) in [6, 6.07) is -0.311. The number of carbonyl (C=O) groups is 1. The minimum atomic E-state index is -0.311. The summed E-state index contributed by atoms with van der Waals surface area (Å²) in [5.74, 6) is -0.0551. The van der Waals surface area contributed by atoms with Crippen molar-refractivity contribution in [3.05, 3.63) is 4.91 Å². The van der Waals surface area contributed by atoms with Crippen molar-refractivity contribution in [2.75, 3.05) is 0 Å². The third-order valence-electron chi connectivity index (χ3n) is 2.67. The maximum absolute atomic E-state index is 11.3. The summed E-state index contributed by atoms with van der Waals surface area (Å²) in [5, 5.41) is 3.06. The Bertz CT molecular complexity index is 180. The van der Waals surface area contributed by atoms with Crippen LogP contribution >= 0.6 is 0 Å². The van der Waals surface area contributed by atoms with Gasteiger partial charge in [-0.1, -0.05) is 45.2 Å². The summed E-state index contributed by atoms with van der Waals surface area (Å²) in [5.41, 5.74) is 0. The molecule has 14 heavy (non-hydrogen) atoms. The summed E-state index contributed by atoms with van der Waals surface area (Å²) in [6.45, 7) is 5.75. The third kappa shape index (κ3) is 4.49. The molecule has 0 aromatic heterocycles. The summed E-state index contributed by atoms with van der Waals surface area (Å²) in [6.07, 6.45) is 4.49. The van der Waals surface area contributed by atoms with E-state index in [1.807, 2.05) is 13.8 Å². The number of hydrogen-bond acceptors (Lipinski definition) is 3. The largest absolute Gasteiger partial charge is 0.299 e. The normalized spacial score (nSPS) is 14.8. The molecule has 0 saturated carbocycles. The average Bonchev–Trinajstić information content (AvgIpc) is 2.22. The highest BCUT2D eigenvalue weighted by Crippen LogP contribution is 2.17. The topological polar surface area (TPSA) is 46.5 Å². The zero-order valence-electron chi connectivity index (χ0n) is 9.45. The van der Waals surface area contributed by atoms with E-state index >= 15 is 0 Å². The van der Waals surface area contributed by atoms with Crippen molar-refractivity contribution in [3.8, 4) is 0 Å². The van der Waals surface area contributed by atoms with Crippen LogP contribution in [0.5, 0.6) is 0 Å². The van der Waals surface area contributed by atoms with Gasteiger partial charge in [-0.3, -0.25) is 4.79 Å². The molecule has 0 amide bonds. The fourth-order valence-electron chi connectivity index (χ4n) is 1.53. The lowest BCUT2D eigenvalue weighted by Gasteiger charge is -2.15. The van der Waals surface area contributed by atoms with E-state index in [1.165, 1.54) is 0 Å². The fraction of sp³-hybridized carbons (Fsp3) is 0.909. The van der Waals surface area contributed by atoms with E-state index in [2.05, 4.69) is 12.1 Å². The quantitative estimate of drug-likeness (QED) is 0.444. The van der Waals surface area contributed by atoms with Gasteiger partial charge in [0.05, 0.1) is 0 Å². The molecule has 0 bridgehead atoms. The van der Waals surface area contributed by atoms with E-state index in [0.717, 1.165) is 25.7 Å². The highest BCUT2D eigenvalue weighted by Gasteiger charge is 2.22. The lowest BCUT2D eigenvalue weighted by molar-refractivity contribution is -0.122. The first-order valence-electron chi connectivity index (χ1n) is 5.52. The molecule has 0 heterocycles. The van der Waals surface area contributed by atoms with Gasteiger partial charge in [-0.15, -0.1) is 0 Å². The van der Waals surface area contributed by atoms with Gasteiger partial charge < -0.3 is 0 Å². The number of nitroso groups, excluding NO2 is 1. The summed E-state index contributed by atoms with van der Waals surface area (Å²) < 4.78 is 0. The van der Waals surface area contributed by atoms with E-state index in [-0.39, 0.29) is 17.7 Å². The van der Waals surface area contributed by atoms with E-state index in [0.29, 0.717) is 6.42 Å². The van der Waals surface area contributed by atoms with Crippen molar-refractivity contribution in [2.45, 2.75) is 58.9 Å². The van der Waals surface area contributed by atoms with Crippen LogP contribution in [0.3, 0.4) is 0 Å². The van der Waals surface area contributed by atoms with Crippen molar-refractivity contribution in [2.24, 2.45) is 11.1 Å². The zero-order valence-corrected chi connectivity index (χ0v) is 9.45. The van der Waals surface area contributed by atoms with Gasteiger partial charge >= 0.3 is 0 Å². The molecule has 3 heteroatoms. The van der Waals surface area contributed by atoms with Crippen LogP contribution in [-0.2, 0) is 4.79 Å². The monoisotopic (exact) mass is 199 g/mol. The minimum Gasteiger partial charge on any atom is -0.299 e. The number of carbonyl (C=O) groups excluding carboxylic acids is 1. The lowest BCUT2D eigenvalue weighted by atomic mass is 9.92. The number of Topliss-reactive ketones (excluding diaryl/α,β-unsaturated/α-hetero) is 1. The highest BCUT2D eigenvalue weighted by molar-refractivity contribution is 5.81. The SMILES string of the molecule is CCCCCC(N=O)C(C)C(=O)CC. The second-order valence-electron chi connectivity index (χ2n) is 3.78. The van der Waals surface area contributed by atoms with Gasteiger partial charge in [-0.25, -0.2) is 0 Å². The van der Waals surface area contributed by atoms with Crippen LogP contribution in [0.2, 0.25) is 0 Å². The Labute approximate surface area is 86.2 Å². The standard InChI is InChI=1S/C11H21NO2/c1-4-6-7-8-10(12-14)9(3)11(13)5-2/h9-10H,4-8H2,1-3H3. The van der Waals surface area contributed by atoms with Crippen LogP contribution < -0.4 is 0 Å². The molecular formula is C11H21NO2. The molecule has 0 aliphatic rings. The first-order chi connectivity index (χ1) is 6.67. The Morgan fingerprint density at radius 3 is 2.36 bits per heavy atom. The molecule has 3 nitrogen and oxygen atoms in total. The zero-order chi connectivity index (χ0) is 11.0. The minimum absolute atomic E-state index is 0.145. The second kappa shape index (κ2) is 7.65. The molecule has 0 rings (SSSR count). The van der Waals surface area contributed by atoms with Crippen LogP contribution in [-0.4, -0.2) is 11.8 Å². The predicted octanol–water partition coefficient (Wildman–Crippen LogP) is 3.32. The summed E-state index contributed by atoms with van der Waals surface area (Å²) >= 11 is 0. The van der Waals surface area contributed by atoms with Crippen molar-refractivity contribution in [3.63, 3.8) is 0 Å². The van der Waals surface area contributed by atoms with Crippen molar-refractivity contribution < 1.29 is 4.79 Å². The van der Waals surface area contributed by atoms with Crippen molar-refractivity contribution in [1.29, 1.82) is 0 Å². The number of ketones is 1. The highest BCUT2D eigenvalue weighted by atomic mass is 16.3. The average molecular weight is 199 g/mol. The molecule has 0 aliphatic heterocycles. The Morgan fingerprint density at radius 1 is 1.29 bits per heavy atom. The molecule has 0 fully saturated rings. The number of hydrogen-bond donors (Lipinski definition) is 0. The van der Waals surface area contributed by atoms with E-state index in [1.54, 1.807) is 0 Å². The summed E-state index contributed by atoms with van der Waals surface area (Å²) in [7, 11) is 0. The van der Waals surface area contributed by atoms with E-state index < -0.39 is 0 Å². The molecule has 0 aliphatic carbocycles. The van der Waals surface area contributed by atoms with Crippen LogP contribution in [0, 0.1) is 10.8 Å². The Kier molecular flexibility index (Phi) is 7.25. The molecule has 2 unspecified atom stereocenters. The van der Waals surface area contributed by atoms with Crippen LogP contribution in [0.1, 0.15) is 52.9 Å². The molecular weight excluding hydrogens is 178 g/mol. The maximum Gasteiger partial charge on any atom is 0.137 e. The van der Waals surface area contributed by atoms with Crippen molar-refractivity contribution in [1.82, 2.24) is 0 Å². The van der Waals surface area contributed by atoms with Gasteiger partial charge in [-0.2, -0.15) is 4.91 Å². The molecule has 0 saturated heterocycles. The predicted molar refractivity (Wildman–Crippen MR) is 58.2 cm³/mol. The van der Waals surface area contributed by atoms with Gasteiger partial charge in [0, 0.05) is 12.3 Å². The molecule has 0 spiro atoms. The lowest BCUT2D eigenvalue weighted by Crippen LogP contribution is -2.23. The van der Waals surface area contributed by atoms with E-state index in [9.17, 15) is 9.70 Å². The molecule has 0 aromatic carbocycles. The van der Waals surface area contributed by atoms with Gasteiger partial charge in [0.15, 0.2) is 0 Å². The molecule has 0 aromatic rings. The van der Waals surface area contributed by atoms with Gasteiger partial charge in [-0.05, 0) is 6.42 Å². The van der Waals surface area contributed by atoms with Crippen LogP contribution in [0.15, 0.2) is 5.18 Å². The van der Waals surface area contributed by atoms with Gasteiger partial charge in [0.1, 0.15) is 11.8 Å². The number of nitrogens with zero attached hydrogens (tertiary/aromatic N) is 1. The molecule has 82 valence electrons. The molecule has 0 radical (unpaired) electrons. The molecule has 2 atom stereocenters. The first-order valence-corrected chi connectivity index (χ1v) is 5.52. The number of rotatable bonds is 8. The first kappa shape index (κ1) is 13.3. The van der Waals surface area contributed by atoms with Gasteiger partial charge in [0.25, 0.3) is 0 Å². The van der Waals surface area contributed by atoms with Gasteiger partial charge in [0.2, 0.25) is 0 Å². The Balaban J connectivity index is 3.98. The number of unbranched alkanes of at least 4 members (excludes halogenated alkanes) is 2. The van der Waals surface area contributed by atoms with Crippen LogP contribution in [0.25, 0.3) is 0 Å². The fourth-order valence-corrected chi connectivity index (χ4v) is 1.53. The second-order valence-corrected chi connectivity index (χ2v) is 3.78. The Morgan fingerprint density at radius 2 is 1.93 bits per heavy atom. The summed E-state index contributed by atoms with van der Waals surface area (Å²) in [4.78, 5) is 21.9. The van der Waals surface area contributed by atoms with Crippen LogP contribution in [0.4, 0.5) is 0 Å². The maximum atomic E-state index is 11.3. The van der Waals surface area contributed by atoms with E-state index in [4.69, 9.17) is 0 Å². The molecule has 0 N–H and O–H groups in total. The Hall–Kier alpha value is -0.730. The third-order valence-corrected chi connectivity index (χ3v) is 2.67. The smallest absolute Gasteiger partial charge is 0.137 e. The van der Waals surface area contributed by atoms with Crippen molar-refractivity contribution >= 4 is 5.78 Å².